The van der Waals surface area contributed by atoms with Crippen LogP contribution in [-0.4, -0.2) is 85.4 Å². The fourth-order valence-corrected chi connectivity index (χ4v) is 6.55. The summed E-state index contributed by atoms with van der Waals surface area (Å²) in [6.45, 7) is 1.66. The van der Waals surface area contributed by atoms with Crippen LogP contribution in [0.3, 0.4) is 0 Å². The van der Waals surface area contributed by atoms with Crippen LogP contribution in [0.15, 0.2) is 97.3 Å². The number of aromatic nitrogens is 4. The number of anilines is 3. The first kappa shape index (κ1) is 30.1. The smallest absolute Gasteiger partial charge is 0.229 e. The second-order valence-electron chi connectivity index (χ2n) is 11.9. The van der Waals surface area contributed by atoms with E-state index in [-0.39, 0.29) is 12.0 Å². The molecule has 5 aromatic rings. The van der Waals surface area contributed by atoms with Crippen LogP contribution in [0, 0.1) is 0 Å². The van der Waals surface area contributed by atoms with E-state index in [2.05, 4.69) is 56.9 Å². The molecule has 2 saturated heterocycles. The van der Waals surface area contributed by atoms with E-state index >= 15 is 0 Å². The highest BCUT2D eigenvalue weighted by molar-refractivity contribution is 5.84. The largest absolute Gasteiger partial charge is 0.394 e. The number of para-hydroxylation sites is 1. The maximum atomic E-state index is 10.9. The molecule has 4 heterocycles. The van der Waals surface area contributed by atoms with Crippen LogP contribution in [0.1, 0.15) is 36.1 Å². The number of ether oxygens (including phenoxy) is 1. The van der Waals surface area contributed by atoms with Crippen LogP contribution in [0.4, 0.5) is 17.5 Å². The fraction of sp³-hybridized carbons (Fsp3) is 0.343. The molecule has 7 rings (SSSR count). The van der Waals surface area contributed by atoms with Crippen molar-refractivity contribution in [1.29, 1.82) is 0 Å². The maximum Gasteiger partial charge on any atom is 0.229 e. The molecule has 0 aliphatic carbocycles. The Balaban J connectivity index is 1.25. The second kappa shape index (κ2) is 13.4. The summed E-state index contributed by atoms with van der Waals surface area (Å²) in [7, 11) is 0. The van der Waals surface area contributed by atoms with Crippen molar-refractivity contribution in [2.24, 2.45) is 0 Å². The van der Waals surface area contributed by atoms with Gasteiger partial charge < -0.3 is 35.6 Å². The number of hydrogen-bond donors (Lipinski definition) is 5. The molecule has 0 amide bonds. The number of imidazole rings is 1. The van der Waals surface area contributed by atoms with Gasteiger partial charge in [-0.1, -0.05) is 78.9 Å². The standard InChI is InChI=1S/C35H39N7O4/c43-21-28-30(44)31(45)34(46-28)42-22-38-29-32(37-20-27(23-11-4-1-5-12-23)24-13-6-2-7-14-24)39-35(40-33(29)42)41-18-10-17-26(41)19-36-25-15-8-3-9-16-25/h1-9,11-16,22,26-28,30-31,34,36,43-45H,10,17-21H2,(H,37,39,40)/t26-,28-,30-,31-,34-/m1/s1. The van der Waals surface area contributed by atoms with E-state index in [1.807, 2.05) is 54.6 Å². The van der Waals surface area contributed by atoms with E-state index in [4.69, 9.17) is 14.7 Å². The molecular formula is C35H39N7O4. The fourth-order valence-electron chi connectivity index (χ4n) is 6.55. The normalized spacial score (nSPS) is 23.0. The van der Waals surface area contributed by atoms with Gasteiger partial charge in [0.15, 0.2) is 23.2 Å². The molecule has 11 heteroatoms. The highest BCUT2D eigenvalue weighted by Gasteiger charge is 2.44. The third-order valence-electron chi connectivity index (χ3n) is 9.03. The first-order valence-corrected chi connectivity index (χ1v) is 15.9. The molecule has 0 radical (unpaired) electrons. The van der Waals surface area contributed by atoms with Gasteiger partial charge in [-0.25, -0.2) is 4.98 Å². The molecule has 0 bridgehead atoms. The molecule has 2 aliphatic heterocycles. The Morgan fingerprint density at radius 2 is 1.52 bits per heavy atom. The SMILES string of the molecule is OC[C@H]1O[C@@H](n2cnc3c(NCC(c4ccccc4)c4ccccc4)nc(N4CCC[C@@H]4CNc4ccccc4)nc32)[C@H](O)[C@@H]1O. The number of rotatable bonds is 11. The molecule has 0 unspecified atom stereocenters. The number of aliphatic hydroxyl groups is 3. The van der Waals surface area contributed by atoms with Gasteiger partial charge in [0.25, 0.3) is 0 Å². The Morgan fingerprint density at radius 3 is 2.17 bits per heavy atom. The zero-order valence-corrected chi connectivity index (χ0v) is 25.4. The third kappa shape index (κ3) is 6.02. The molecular weight excluding hydrogens is 582 g/mol. The van der Waals surface area contributed by atoms with Crippen LogP contribution in [0.25, 0.3) is 11.2 Å². The zero-order valence-electron chi connectivity index (χ0n) is 25.4. The summed E-state index contributed by atoms with van der Waals surface area (Å²) in [6, 6.07) is 31.0. The summed E-state index contributed by atoms with van der Waals surface area (Å²) < 4.78 is 7.52. The summed E-state index contributed by atoms with van der Waals surface area (Å²) in [5.41, 5.74) is 4.41. The van der Waals surface area contributed by atoms with Crippen molar-refractivity contribution in [3.05, 3.63) is 108 Å². The van der Waals surface area contributed by atoms with E-state index in [9.17, 15) is 15.3 Å². The summed E-state index contributed by atoms with van der Waals surface area (Å²) in [5.74, 6) is 1.17. The number of nitrogens with zero attached hydrogens (tertiary/aromatic N) is 5. The molecule has 238 valence electrons. The molecule has 0 saturated carbocycles. The van der Waals surface area contributed by atoms with Gasteiger partial charge >= 0.3 is 0 Å². The lowest BCUT2D eigenvalue weighted by atomic mass is 9.91. The number of nitrogens with one attached hydrogen (secondary N) is 2. The minimum atomic E-state index is -1.26. The lowest BCUT2D eigenvalue weighted by Gasteiger charge is -2.26. The second-order valence-corrected chi connectivity index (χ2v) is 11.9. The van der Waals surface area contributed by atoms with Crippen molar-refractivity contribution in [3.63, 3.8) is 0 Å². The number of hydrogen-bond acceptors (Lipinski definition) is 10. The molecule has 2 aliphatic rings. The van der Waals surface area contributed by atoms with Crippen molar-refractivity contribution < 1.29 is 20.1 Å². The number of aliphatic hydroxyl groups excluding tert-OH is 3. The quantitative estimate of drug-likeness (QED) is 0.148. The first-order chi connectivity index (χ1) is 22.6. The minimum absolute atomic E-state index is 0.0491. The average molecular weight is 622 g/mol. The van der Waals surface area contributed by atoms with Crippen LogP contribution < -0.4 is 15.5 Å². The molecule has 2 fully saturated rings. The van der Waals surface area contributed by atoms with Gasteiger partial charge in [0.1, 0.15) is 18.3 Å². The Kier molecular flexibility index (Phi) is 8.80. The van der Waals surface area contributed by atoms with Gasteiger partial charge in [0.05, 0.1) is 12.9 Å². The topological polar surface area (TPSA) is 141 Å². The molecule has 5 N–H and O–H groups in total. The highest BCUT2D eigenvalue weighted by atomic mass is 16.6. The number of benzene rings is 3. The van der Waals surface area contributed by atoms with Gasteiger partial charge in [0, 0.05) is 37.3 Å². The lowest BCUT2D eigenvalue weighted by Crippen LogP contribution is -2.36. The van der Waals surface area contributed by atoms with E-state index < -0.39 is 31.1 Å². The Morgan fingerprint density at radius 1 is 0.848 bits per heavy atom. The predicted molar refractivity (Wildman–Crippen MR) is 177 cm³/mol. The van der Waals surface area contributed by atoms with Crippen molar-refractivity contribution in [1.82, 2.24) is 19.5 Å². The van der Waals surface area contributed by atoms with Gasteiger partial charge in [-0.15, -0.1) is 0 Å². The molecule has 3 aromatic carbocycles. The highest BCUT2D eigenvalue weighted by Crippen LogP contribution is 2.35. The number of fused-ring (bicyclic) bond motifs is 1. The van der Waals surface area contributed by atoms with Crippen molar-refractivity contribution >= 4 is 28.6 Å². The van der Waals surface area contributed by atoms with Crippen LogP contribution in [0.5, 0.6) is 0 Å². The van der Waals surface area contributed by atoms with Gasteiger partial charge in [0.2, 0.25) is 5.95 Å². The summed E-state index contributed by atoms with van der Waals surface area (Å²) in [4.78, 5) is 16.9. The Labute approximate surface area is 267 Å². The van der Waals surface area contributed by atoms with Gasteiger partial charge in [-0.05, 0) is 36.1 Å². The third-order valence-corrected chi connectivity index (χ3v) is 9.03. The van der Waals surface area contributed by atoms with E-state index in [0.29, 0.717) is 29.5 Å². The monoisotopic (exact) mass is 621 g/mol. The minimum Gasteiger partial charge on any atom is -0.394 e. The van der Waals surface area contributed by atoms with Crippen molar-refractivity contribution in [3.8, 4) is 0 Å². The van der Waals surface area contributed by atoms with Gasteiger partial charge in [-0.2, -0.15) is 9.97 Å². The van der Waals surface area contributed by atoms with Crippen LogP contribution in [0.2, 0.25) is 0 Å². The van der Waals surface area contributed by atoms with E-state index in [0.717, 1.165) is 31.6 Å². The van der Waals surface area contributed by atoms with Crippen LogP contribution >= 0.6 is 0 Å². The van der Waals surface area contributed by atoms with Crippen molar-refractivity contribution in [2.45, 2.75) is 49.3 Å². The van der Waals surface area contributed by atoms with Crippen LogP contribution in [-0.2, 0) is 4.74 Å². The molecule has 2 aromatic heterocycles. The average Bonchev–Trinajstić information content (AvgIpc) is 3.83. The maximum absolute atomic E-state index is 10.9. The lowest BCUT2D eigenvalue weighted by molar-refractivity contribution is -0.0511. The van der Waals surface area contributed by atoms with E-state index in [1.165, 1.54) is 11.1 Å². The molecule has 46 heavy (non-hydrogen) atoms. The Hall–Kier alpha value is -4.55. The van der Waals surface area contributed by atoms with Gasteiger partial charge in [-0.3, -0.25) is 4.57 Å². The predicted octanol–water partition coefficient (Wildman–Crippen LogP) is 3.76. The van der Waals surface area contributed by atoms with E-state index in [1.54, 1.807) is 10.9 Å². The van der Waals surface area contributed by atoms with Crippen molar-refractivity contribution in [2.75, 3.05) is 41.8 Å². The summed E-state index contributed by atoms with van der Waals surface area (Å²) in [5, 5.41) is 38.3. The zero-order chi connectivity index (χ0) is 31.5. The first-order valence-electron chi connectivity index (χ1n) is 15.9. The summed E-state index contributed by atoms with van der Waals surface area (Å²) in [6.07, 6.45) is -0.843. The summed E-state index contributed by atoms with van der Waals surface area (Å²) >= 11 is 0. The Bertz CT molecular complexity index is 1680. The molecule has 0 spiro atoms. The molecule has 5 atom stereocenters. The molecule has 11 nitrogen and oxygen atoms in total.